The van der Waals surface area contributed by atoms with Gasteiger partial charge in [0, 0.05) is 25.7 Å². The van der Waals surface area contributed by atoms with Crippen molar-refractivity contribution in [3.63, 3.8) is 0 Å². The molecule has 0 rings (SSSR count). The van der Waals surface area contributed by atoms with Gasteiger partial charge in [-0.05, 0) is 49.4 Å². The van der Waals surface area contributed by atoms with E-state index in [-0.39, 0.29) is 25.7 Å². The van der Waals surface area contributed by atoms with Gasteiger partial charge in [0.2, 0.25) is 0 Å². The molecule has 0 aliphatic rings. The number of rotatable bonds is 70. The third kappa shape index (κ3) is 64.1. The summed E-state index contributed by atoms with van der Waals surface area (Å²) in [5.74, 6) is 0.927. The summed E-state index contributed by atoms with van der Waals surface area (Å²) in [7, 11) is -9.91. The second kappa shape index (κ2) is 62.6. The number of hydrogen-bond donors (Lipinski definition) is 3. The Balaban J connectivity index is 5.23. The maximum absolute atomic E-state index is 13.0. The zero-order chi connectivity index (χ0) is 68.2. The van der Waals surface area contributed by atoms with Gasteiger partial charge in [0.05, 0.1) is 26.4 Å². The van der Waals surface area contributed by atoms with E-state index in [1.165, 1.54) is 161 Å². The Bertz CT molecular complexity index is 1820. The van der Waals surface area contributed by atoms with Crippen LogP contribution < -0.4 is 0 Å². The number of esters is 4. The summed E-state index contributed by atoms with van der Waals surface area (Å²) in [4.78, 5) is 72.7. The van der Waals surface area contributed by atoms with Gasteiger partial charge in [0.1, 0.15) is 19.3 Å². The first kappa shape index (κ1) is 90.1. The molecule has 4 unspecified atom stereocenters. The summed E-state index contributed by atoms with van der Waals surface area (Å²) >= 11 is 0. The summed E-state index contributed by atoms with van der Waals surface area (Å²) in [6, 6.07) is 0. The molecule has 0 aromatic rings. The number of carbonyl (C=O) groups is 4. The van der Waals surface area contributed by atoms with Crippen molar-refractivity contribution in [3.8, 4) is 0 Å². The Hall–Kier alpha value is -1.94. The number of aliphatic hydroxyl groups is 1. The average Bonchev–Trinajstić information content (AvgIpc) is 2.20. The van der Waals surface area contributed by atoms with Crippen LogP contribution in [-0.4, -0.2) is 96.7 Å². The number of phosphoric ester groups is 2. The van der Waals surface area contributed by atoms with Gasteiger partial charge in [-0.2, -0.15) is 0 Å². The zero-order valence-corrected chi connectivity index (χ0v) is 62.0. The van der Waals surface area contributed by atoms with Gasteiger partial charge in [-0.25, -0.2) is 9.13 Å². The van der Waals surface area contributed by atoms with E-state index in [1.54, 1.807) is 0 Å². The number of carbonyl (C=O) groups excluding carboxylic acids is 4. The molecule has 92 heavy (non-hydrogen) atoms. The van der Waals surface area contributed by atoms with Gasteiger partial charge >= 0.3 is 39.5 Å². The topological polar surface area (TPSA) is 237 Å². The Morgan fingerprint density at radius 2 is 0.522 bits per heavy atom. The van der Waals surface area contributed by atoms with E-state index in [1.807, 2.05) is 0 Å². The first-order chi connectivity index (χ1) is 44.2. The molecular weight excluding hydrogens is 1210 g/mol. The van der Waals surface area contributed by atoms with Crippen LogP contribution in [0.1, 0.15) is 364 Å². The highest BCUT2D eigenvalue weighted by Crippen LogP contribution is 2.45. The van der Waals surface area contributed by atoms with E-state index < -0.39 is 97.5 Å². The highest BCUT2D eigenvalue weighted by Gasteiger charge is 2.30. The number of unbranched alkanes of at least 4 members (excludes halogenated alkanes) is 34. The Kier molecular flexibility index (Phi) is 61.3. The fourth-order valence-electron chi connectivity index (χ4n) is 11.0. The van der Waals surface area contributed by atoms with Crippen molar-refractivity contribution in [1.82, 2.24) is 0 Å². The SMILES string of the molecule is CCC(C)CCCCCCCCCCCCCCCCC(=O)OC[C@H](COP(=O)(O)OC[C@@H](O)COP(=O)(O)OC[C@@H](COC(=O)CCCCCCCCC(C)CC)OC(=O)CCCCCCCCCCCC(C)C)OC(=O)CCCCCCCCCCCC(C)C. The lowest BCUT2D eigenvalue weighted by Crippen LogP contribution is -2.30. The molecule has 17 nitrogen and oxygen atoms in total. The maximum Gasteiger partial charge on any atom is 0.472 e. The molecular formula is C73H142O17P2. The molecule has 546 valence electrons. The largest absolute Gasteiger partial charge is 0.472 e. The van der Waals surface area contributed by atoms with Crippen molar-refractivity contribution in [3.05, 3.63) is 0 Å². The minimum absolute atomic E-state index is 0.104. The number of aliphatic hydroxyl groups excluding tert-OH is 1. The third-order valence-corrected chi connectivity index (χ3v) is 19.4. The summed E-state index contributed by atoms with van der Waals surface area (Å²) in [5, 5.41) is 10.6. The number of phosphoric acid groups is 2. The predicted molar refractivity (Wildman–Crippen MR) is 372 cm³/mol. The van der Waals surface area contributed by atoms with Gasteiger partial charge < -0.3 is 33.8 Å². The highest BCUT2D eigenvalue weighted by molar-refractivity contribution is 7.47. The zero-order valence-electron chi connectivity index (χ0n) is 60.2. The van der Waals surface area contributed by atoms with Crippen LogP contribution in [0.5, 0.6) is 0 Å². The Morgan fingerprint density at radius 1 is 0.304 bits per heavy atom. The monoisotopic (exact) mass is 1350 g/mol. The fourth-order valence-corrected chi connectivity index (χ4v) is 12.5. The minimum atomic E-state index is -4.96. The van der Waals surface area contributed by atoms with Gasteiger partial charge in [-0.15, -0.1) is 0 Å². The third-order valence-electron chi connectivity index (χ3n) is 17.5. The molecule has 0 amide bonds. The van der Waals surface area contributed by atoms with Crippen LogP contribution in [-0.2, 0) is 65.4 Å². The summed E-state index contributed by atoms with van der Waals surface area (Å²) in [6.45, 7) is 14.1. The lowest BCUT2D eigenvalue weighted by atomic mass is 9.99. The lowest BCUT2D eigenvalue weighted by molar-refractivity contribution is -0.161. The van der Waals surface area contributed by atoms with E-state index in [4.69, 9.17) is 37.0 Å². The first-order valence-corrected chi connectivity index (χ1v) is 40.8. The van der Waals surface area contributed by atoms with Crippen molar-refractivity contribution >= 4 is 39.5 Å². The smallest absolute Gasteiger partial charge is 0.462 e. The van der Waals surface area contributed by atoms with Gasteiger partial charge in [-0.3, -0.25) is 37.3 Å². The molecule has 0 aliphatic heterocycles. The standard InChI is InChI=1S/C73H142O17P2/c1-9-65(7)51-43-35-27-21-15-13-11-12-14-16-22-28-37-45-53-70(75)83-59-68(89-72(77)55-47-39-29-23-17-19-25-33-41-49-63(3)4)61-87-91(79,80)85-57-67(74)58-86-92(81,82)88-62-69(60-84-71(76)54-46-38-32-31-36-44-52-66(8)10-2)90-73(78)56-48-40-30-24-18-20-26-34-42-50-64(5)6/h63-69,74H,9-62H2,1-8H3,(H,79,80)(H,81,82)/t65?,66?,67-,68-,69-/m1/s1. The summed E-state index contributed by atoms with van der Waals surface area (Å²) in [6.07, 6.45) is 45.8. The quantitative estimate of drug-likeness (QED) is 0.0222. The van der Waals surface area contributed by atoms with Crippen LogP contribution in [0.3, 0.4) is 0 Å². The van der Waals surface area contributed by atoms with Crippen molar-refractivity contribution in [2.24, 2.45) is 23.7 Å². The maximum atomic E-state index is 13.0. The van der Waals surface area contributed by atoms with E-state index in [9.17, 15) is 43.2 Å². The molecule has 0 saturated heterocycles. The van der Waals surface area contributed by atoms with E-state index in [0.717, 1.165) is 120 Å². The molecule has 0 aromatic carbocycles. The predicted octanol–water partition coefficient (Wildman–Crippen LogP) is 20.9. The molecule has 7 atom stereocenters. The van der Waals surface area contributed by atoms with Crippen molar-refractivity contribution < 1.29 is 80.2 Å². The van der Waals surface area contributed by atoms with Crippen molar-refractivity contribution in [1.29, 1.82) is 0 Å². The van der Waals surface area contributed by atoms with Crippen LogP contribution in [0.4, 0.5) is 0 Å². The first-order valence-electron chi connectivity index (χ1n) is 37.8. The average molecular weight is 1350 g/mol. The van der Waals surface area contributed by atoms with Crippen molar-refractivity contribution in [2.75, 3.05) is 39.6 Å². The molecule has 0 spiro atoms. The van der Waals surface area contributed by atoms with E-state index in [0.29, 0.717) is 25.7 Å². The second-order valence-corrected chi connectivity index (χ2v) is 30.7. The molecule has 0 aromatic heterocycles. The van der Waals surface area contributed by atoms with Crippen LogP contribution >= 0.6 is 15.6 Å². The molecule has 0 radical (unpaired) electrons. The summed E-state index contributed by atoms with van der Waals surface area (Å²) in [5.41, 5.74) is 0. The van der Waals surface area contributed by atoms with E-state index >= 15 is 0 Å². The highest BCUT2D eigenvalue weighted by atomic mass is 31.2. The van der Waals surface area contributed by atoms with Gasteiger partial charge in [-0.1, -0.05) is 312 Å². The van der Waals surface area contributed by atoms with Crippen LogP contribution in [0.2, 0.25) is 0 Å². The summed E-state index contributed by atoms with van der Waals surface area (Å²) < 4.78 is 68.4. The van der Waals surface area contributed by atoms with Crippen LogP contribution in [0, 0.1) is 23.7 Å². The minimum Gasteiger partial charge on any atom is -0.462 e. The normalized spacial score (nSPS) is 14.8. The molecule has 0 fully saturated rings. The lowest BCUT2D eigenvalue weighted by Gasteiger charge is -2.21. The molecule has 0 bridgehead atoms. The Labute approximate surface area is 562 Å². The van der Waals surface area contributed by atoms with E-state index in [2.05, 4.69) is 55.4 Å². The van der Waals surface area contributed by atoms with Gasteiger partial charge in [0.25, 0.3) is 0 Å². The van der Waals surface area contributed by atoms with Gasteiger partial charge in [0.15, 0.2) is 12.2 Å². The second-order valence-electron chi connectivity index (χ2n) is 27.8. The molecule has 0 saturated carbocycles. The molecule has 3 N–H and O–H groups in total. The van der Waals surface area contributed by atoms with Crippen LogP contribution in [0.25, 0.3) is 0 Å². The molecule has 19 heteroatoms. The fraction of sp³-hybridized carbons (Fsp3) is 0.945. The Morgan fingerprint density at radius 3 is 0.772 bits per heavy atom. The molecule has 0 heterocycles. The number of ether oxygens (including phenoxy) is 4. The molecule has 0 aliphatic carbocycles. The van der Waals surface area contributed by atoms with Crippen LogP contribution in [0.15, 0.2) is 0 Å². The van der Waals surface area contributed by atoms with Crippen molar-refractivity contribution in [2.45, 2.75) is 382 Å². The number of hydrogen-bond acceptors (Lipinski definition) is 15.